The van der Waals surface area contributed by atoms with E-state index >= 15 is 0 Å². The van der Waals surface area contributed by atoms with Gasteiger partial charge in [0.2, 0.25) is 0 Å². The molecule has 0 radical (unpaired) electrons. The summed E-state index contributed by atoms with van der Waals surface area (Å²) in [6.45, 7) is 1.23. The summed E-state index contributed by atoms with van der Waals surface area (Å²) in [6, 6.07) is 28.3. The summed E-state index contributed by atoms with van der Waals surface area (Å²) in [5.41, 5.74) is 4.30. The van der Waals surface area contributed by atoms with Gasteiger partial charge in [-0.15, -0.1) is 0 Å². The van der Waals surface area contributed by atoms with E-state index in [4.69, 9.17) is 9.98 Å². The Morgan fingerprint density at radius 1 is 0.521 bits per heavy atom. The Kier molecular flexibility index (Phi) is 10.9. The smallest absolute Gasteiger partial charge is 0.168 e. The van der Waals surface area contributed by atoms with Crippen molar-refractivity contribution in [3.05, 3.63) is 119 Å². The third kappa shape index (κ3) is 7.82. The van der Waals surface area contributed by atoms with Gasteiger partial charge in [0.15, 0.2) is 11.6 Å². The lowest BCUT2D eigenvalue weighted by molar-refractivity contribution is -0.116. The zero-order valence-electron chi connectivity index (χ0n) is 27.6. The SMILES string of the molecule is O=C1CCCC(=NCCCCCCN=C2CCCC(=O)/C2=C(/O)Cc2cccc3ccccc23)/C1=C(\O)Cc1cccc2ccccc12. The largest absolute Gasteiger partial charge is 0.511 e. The summed E-state index contributed by atoms with van der Waals surface area (Å²) in [5, 5.41) is 26.7. The van der Waals surface area contributed by atoms with E-state index in [-0.39, 0.29) is 23.1 Å². The molecule has 0 saturated heterocycles. The van der Waals surface area contributed by atoms with E-state index in [9.17, 15) is 19.8 Å². The average Bonchev–Trinajstić information content (AvgIpc) is 3.09. The molecule has 6 nitrogen and oxygen atoms in total. The van der Waals surface area contributed by atoms with Crippen molar-refractivity contribution in [1.82, 2.24) is 0 Å². The van der Waals surface area contributed by atoms with Gasteiger partial charge in [-0.25, -0.2) is 0 Å². The molecule has 2 fully saturated rings. The van der Waals surface area contributed by atoms with Crippen LogP contribution < -0.4 is 0 Å². The molecule has 48 heavy (non-hydrogen) atoms. The minimum atomic E-state index is -0.0189. The number of carbonyl (C=O) groups is 2. The number of aliphatic hydroxyl groups is 2. The first kappa shape index (κ1) is 33.1. The fourth-order valence-corrected chi connectivity index (χ4v) is 7.06. The van der Waals surface area contributed by atoms with Gasteiger partial charge >= 0.3 is 0 Å². The molecule has 2 aliphatic rings. The number of nitrogens with zero attached hydrogens (tertiary/aromatic N) is 2. The van der Waals surface area contributed by atoms with Crippen molar-refractivity contribution < 1.29 is 19.8 Å². The van der Waals surface area contributed by atoms with Gasteiger partial charge in [-0.1, -0.05) is 97.8 Å². The first-order valence-electron chi connectivity index (χ1n) is 17.4. The van der Waals surface area contributed by atoms with Crippen LogP contribution >= 0.6 is 0 Å². The molecule has 6 heteroatoms. The molecule has 2 N–H and O–H groups in total. The lowest BCUT2D eigenvalue weighted by Crippen LogP contribution is -2.22. The Morgan fingerprint density at radius 2 is 0.938 bits per heavy atom. The predicted octanol–water partition coefficient (Wildman–Crippen LogP) is 9.35. The normalized spacial score (nSPS) is 19.4. The quantitative estimate of drug-likeness (QED) is 0.0969. The van der Waals surface area contributed by atoms with Crippen molar-refractivity contribution in [2.45, 2.75) is 77.0 Å². The molecule has 246 valence electrons. The van der Waals surface area contributed by atoms with E-state index in [1.807, 2.05) is 60.7 Å². The molecular weight excluding hydrogens is 596 g/mol. The van der Waals surface area contributed by atoms with Gasteiger partial charge in [0.05, 0.1) is 11.1 Å². The first-order chi connectivity index (χ1) is 23.5. The zero-order valence-corrected chi connectivity index (χ0v) is 27.6. The number of fused-ring (bicyclic) bond motifs is 2. The molecule has 0 spiro atoms. The zero-order chi connectivity index (χ0) is 33.3. The first-order valence-corrected chi connectivity index (χ1v) is 17.4. The van der Waals surface area contributed by atoms with E-state index in [1.165, 1.54) is 0 Å². The van der Waals surface area contributed by atoms with E-state index in [0.29, 0.717) is 62.8 Å². The van der Waals surface area contributed by atoms with Crippen LogP contribution in [0.2, 0.25) is 0 Å². The Balaban J connectivity index is 1.03. The summed E-state index contributed by atoms with van der Waals surface area (Å²) < 4.78 is 0. The highest BCUT2D eigenvalue weighted by Gasteiger charge is 2.27. The molecule has 0 heterocycles. The molecule has 4 aromatic carbocycles. The topological polar surface area (TPSA) is 99.3 Å². The Hall–Kier alpha value is -4.84. The summed E-state index contributed by atoms with van der Waals surface area (Å²) in [7, 11) is 0. The summed E-state index contributed by atoms with van der Waals surface area (Å²) >= 11 is 0. The fraction of sp³-hybridized carbons (Fsp3) is 0.333. The molecular formula is C42H44N2O4. The van der Waals surface area contributed by atoms with E-state index in [1.54, 1.807) is 0 Å². The minimum absolute atomic E-state index is 0.0189. The molecule has 2 saturated carbocycles. The number of hydrogen-bond donors (Lipinski definition) is 2. The molecule has 0 atom stereocenters. The number of aliphatic imine (C=N–C) groups is 2. The standard InChI is InChI=1S/C42H44N2O4/c45-37-23-11-21-35(41(37)39(47)27-31-17-9-15-29-13-3-5-19-33(29)31)43-25-7-1-2-8-26-44-36-22-12-24-38(46)42(36)40(48)28-32-18-10-16-30-14-4-6-20-34(30)32/h3-6,9-10,13-20,47-48H,1-2,7-8,11-12,21-28H2/b41-39+,42-40+,43-35?,44-36?. The lowest BCUT2D eigenvalue weighted by Gasteiger charge is -2.18. The number of ketones is 2. The second-order valence-corrected chi connectivity index (χ2v) is 12.9. The highest BCUT2D eigenvalue weighted by atomic mass is 16.3. The molecule has 0 unspecified atom stereocenters. The van der Waals surface area contributed by atoms with Crippen molar-refractivity contribution in [3.63, 3.8) is 0 Å². The average molecular weight is 641 g/mol. The van der Waals surface area contributed by atoms with Crippen LogP contribution in [0.15, 0.2) is 118 Å². The van der Waals surface area contributed by atoms with E-state index in [2.05, 4.69) is 24.3 Å². The second kappa shape index (κ2) is 15.8. The summed E-state index contributed by atoms with van der Waals surface area (Å²) in [5.74, 6) is 0.197. The Bertz CT molecular complexity index is 1800. The third-order valence-corrected chi connectivity index (χ3v) is 9.49. The Labute approximate surface area is 282 Å². The number of allylic oxidation sites excluding steroid dienone is 4. The maximum absolute atomic E-state index is 12.9. The number of carbonyl (C=O) groups excluding carboxylic acids is 2. The minimum Gasteiger partial charge on any atom is -0.511 e. The second-order valence-electron chi connectivity index (χ2n) is 12.9. The van der Waals surface area contributed by atoms with E-state index in [0.717, 1.165) is 82.6 Å². The summed E-state index contributed by atoms with van der Waals surface area (Å²) in [4.78, 5) is 35.4. The van der Waals surface area contributed by atoms with Crippen molar-refractivity contribution in [2.24, 2.45) is 9.98 Å². The van der Waals surface area contributed by atoms with Crippen LogP contribution in [0.4, 0.5) is 0 Å². The van der Waals surface area contributed by atoms with Crippen LogP contribution in [0.25, 0.3) is 21.5 Å². The number of benzene rings is 4. The Morgan fingerprint density at radius 3 is 1.40 bits per heavy atom. The van der Waals surface area contributed by atoms with Crippen molar-refractivity contribution in [3.8, 4) is 0 Å². The van der Waals surface area contributed by atoms with E-state index < -0.39 is 0 Å². The van der Waals surface area contributed by atoms with Crippen molar-refractivity contribution >= 4 is 44.5 Å². The highest BCUT2D eigenvalue weighted by Crippen LogP contribution is 2.27. The third-order valence-electron chi connectivity index (χ3n) is 9.49. The monoisotopic (exact) mass is 640 g/mol. The van der Waals surface area contributed by atoms with Gasteiger partial charge in [0.1, 0.15) is 11.5 Å². The number of rotatable bonds is 11. The van der Waals surface area contributed by atoms with Crippen LogP contribution in [0.5, 0.6) is 0 Å². The molecule has 0 amide bonds. The van der Waals surface area contributed by atoms with Crippen molar-refractivity contribution in [1.29, 1.82) is 0 Å². The van der Waals surface area contributed by atoms with Crippen LogP contribution in [-0.4, -0.2) is 46.3 Å². The molecule has 2 aliphatic carbocycles. The van der Waals surface area contributed by atoms with Gasteiger partial charge in [0.25, 0.3) is 0 Å². The van der Waals surface area contributed by atoms with Gasteiger partial charge in [-0.05, 0) is 71.2 Å². The molecule has 0 aliphatic heterocycles. The molecule has 4 aromatic rings. The highest BCUT2D eigenvalue weighted by molar-refractivity contribution is 6.25. The lowest BCUT2D eigenvalue weighted by atomic mass is 9.88. The van der Waals surface area contributed by atoms with Crippen molar-refractivity contribution in [2.75, 3.05) is 13.1 Å². The molecule has 6 rings (SSSR count). The number of hydrogen-bond acceptors (Lipinski definition) is 6. The maximum atomic E-state index is 12.9. The summed E-state index contributed by atoms with van der Waals surface area (Å²) in [6.07, 6.45) is 8.19. The predicted molar refractivity (Wildman–Crippen MR) is 195 cm³/mol. The number of Topliss-reactive ketones (excluding diaryl/α,β-unsaturated/α-hetero) is 2. The van der Waals surface area contributed by atoms with Gasteiger partial charge in [0, 0.05) is 50.2 Å². The van der Waals surface area contributed by atoms with Crippen LogP contribution in [0.3, 0.4) is 0 Å². The molecule has 0 aromatic heterocycles. The maximum Gasteiger partial charge on any atom is 0.168 e. The number of unbranched alkanes of at least 4 members (excludes halogenated alkanes) is 3. The van der Waals surface area contributed by atoms with Crippen LogP contribution in [-0.2, 0) is 22.4 Å². The van der Waals surface area contributed by atoms with Crippen LogP contribution in [0.1, 0.15) is 75.3 Å². The molecule has 0 bridgehead atoms. The number of aliphatic hydroxyl groups excluding tert-OH is 2. The fourth-order valence-electron chi connectivity index (χ4n) is 7.06. The van der Waals surface area contributed by atoms with Gasteiger partial charge in [-0.3, -0.25) is 19.6 Å². The van der Waals surface area contributed by atoms with Gasteiger partial charge in [-0.2, -0.15) is 0 Å². The van der Waals surface area contributed by atoms with Gasteiger partial charge < -0.3 is 10.2 Å². The van der Waals surface area contributed by atoms with Crippen LogP contribution in [0, 0.1) is 0 Å².